The molecule has 26 heavy (non-hydrogen) atoms. The van der Waals surface area contributed by atoms with Crippen molar-refractivity contribution in [1.29, 1.82) is 0 Å². The largest absolute Gasteiger partial charge is 0.495 e. The zero-order valence-electron chi connectivity index (χ0n) is 15.4. The minimum Gasteiger partial charge on any atom is -0.495 e. The van der Waals surface area contributed by atoms with E-state index in [9.17, 15) is 9.59 Å². The number of aryl methyl sites for hydroxylation is 2. The molecule has 1 aromatic heterocycles. The summed E-state index contributed by atoms with van der Waals surface area (Å²) < 4.78 is 6.63. The Kier molecular flexibility index (Phi) is 5.25. The number of aromatic nitrogens is 2. The highest BCUT2D eigenvalue weighted by molar-refractivity contribution is 5.94. The maximum Gasteiger partial charge on any atom is 0.268 e. The lowest BCUT2D eigenvalue weighted by molar-refractivity contribution is -0.120. The molecule has 1 unspecified atom stereocenters. The number of nitrogens with one attached hydrogen (secondary N) is 1. The van der Waals surface area contributed by atoms with Gasteiger partial charge in [0, 0.05) is 26.2 Å². The summed E-state index contributed by atoms with van der Waals surface area (Å²) in [6.07, 6.45) is 3.37. The fraction of sp³-hybridized carbons (Fsp3) is 0.421. The van der Waals surface area contributed by atoms with Crippen LogP contribution in [0.5, 0.6) is 5.75 Å². The zero-order valence-corrected chi connectivity index (χ0v) is 15.4. The molecule has 0 bridgehead atoms. The van der Waals surface area contributed by atoms with Gasteiger partial charge in [0.2, 0.25) is 5.91 Å². The van der Waals surface area contributed by atoms with Gasteiger partial charge >= 0.3 is 0 Å². The van der Waals surface area contributed by atoms with Crippen LogP contribution in [0.1, 0.15) is 18.4 Å². The Hall–Kier alpha value is -2.83. The second-order valence-corrected chi connectivity index (χ2v) is 6.65. The Bertz CT molecular complexity index is 862. The molecular formula is C19H24N4O3. The van der Waals surface area contributed by atoms with Gasteiger partial charge in [0.15, 0.2) is 0 Å². The van der Waals surface area contributed by atoms with E-state index in [0.717, 1.165) is 30.6 Å². The number of piperidine rings is 1. The van der Waals surface area contributed by atoms with E-state index in [2.05, 4.69) is 15.3 Å². The van der Waals surface area contributed by atoms with E-state index in [4.69, 9.17) is 4.74 Å². The average molecular weight is 356 g/mol. The molecule has 7 heteroatoms. The number of carbonyl (C=O) groups is 1. The van der Waals surface area contributed by atoms with E-state index >= 15 is 0 Å². The molecule has 1 N–H and O–H groups in total. The smallest absolute Gasteiger partial charge is 0.268 e. The first kappa shape index (κ1) is 18.0. The second kappa shape index (κ2) is 7.59. The predicted octanol–water partition coefficient (Wildman–Crippen LogP) is 1.95. The number of ether oxygens (including phenoxy) is 1. The van der Waals surface area contributed by atoms with Crippen molar-refractivity contribution in [2.24, 2.45) is 13.0 Å². The summed E-state index contributed by atoms with van der Waals surface area (Å²) >= 11 is 0. The van der Waals surface area contributed by atoms with Gasteiger partial charge in [-0.05, 0) is 37.5 Å². The molecule has 1 aliphatic heterocycles. The highest BCUT2D eigenvalue weighted by Gasteiger charge is 2.27. The first-order valence-electron chi connectivity index (χ1n) is 8.71. The fourth-order valence-electron chi connectivity index (χ4n) is 3.21. The molecule has 0 aliphatic carbocycles. The molecule has 1 saturated heterocycles. The van der Waals surface area contributed by atoms with Gasteiger partial charge in [-0.25, -0.2) is 4.68 Å². The third-order valence-corrected chi connectivity index (χ3v) is 4.72. The number of benzene rings is 1. The predicted molar refractivity (Wildman–Crippen MR) is 101 cm³/mol. The molecule has 2 aromatic rings. The van der Waals surface area contributed by atoms with E-state index in [1.54, 1.807) is 26.4 Å². The number of amides is 1. The van der Waals surface area contributed by atoms with Crippen molar-refractivity contribution < 1.29 is 9.53 Å². The Morgan fingerprint density at radius 3 is 2.88 bits per heavy atom. The molecule has 2 heterocycles. The van der Waals surface area contributed by atoms with E-state index in [1.807, 2.05) is 25.1 Å². The molecule has 1 fully saturated rings. The minimum absolute atomic E-state index is 0.0320. The van der Waals surface area contributed by atoms with E-state index in [0.29, 0.717) is 18.0 Å². The first-order chi connectivity index (χ1) is 12.5. The van der Waals surface area contributed by atoms with Crippen LogP contribution < -0.4 is 20.5 Å². The molecule has 0 radical (unpaired) electrons. The standard InChI is InChI=1S/C19H24N4O3/c1-13-6-7-17(26-3)16(9-13)21-19(25)14-5-4-8-23(12-14)15-10-18(24)22(2)20-11-15/h6-7,9-11,14H,4-5,8,12H2,1-3H3,(H,21,25). The molecular weight excluding hydrogens is 332 g/mol. The van der Waals surface area contributed by atoms with Crippen molar-refractivity contribution in [1.82, 2.24) is 9.78 Å². The van der Waals surface area contributed by atoms with Crippen LogP contribution >= 0.6 is 0 Å². The van der Waals surface area contributed by atoms with Crippen LogP contribution in [0.15, 0.2) is 35.3 Å². The molecule has 0 saturated carbocycles. The van der Waals surface area contributed by atoms with Gasteiger partial charge in [0.05, 0.1) is 30.6 Å². The van der Waals surface area contributed by atoms with Crippen molar-refractivity contribution in [2.45, 2.75) is 19.8 Å². The Labute approximate surface area is 152 Å². The molecule has 3 rings (SSSR count). The number of rotatable bonds is 4. The number of hydrogen-bond donors (Lipinski definition) is 1. The minimum atomic E-state index is -0.155. The lowest BCUT2D eigenvalue weighted by atomic mass is 9.96. The fourth-order valence-corrected chi connectivity index (χ4v) is 3.21. The number of hydrogen-bond acceptors (Lipinski definition) is 5. The maximum absolute atomic E-state index is 12.8. The van der Waals surface area contributed by atoms with Crippen LogP contribution in [0, 0.1) is 12.8 Å². The second-order valence-electron chi connectivity index (χ2n) is 6.65. The lowest BCUT2D eigenvalue weighted by Crippen LogP contribution is -2.41. The van der Waals surface area contributed by atoms with Crippen molar-refractivity contribution in [2.75, 3.05) is 30.4 Å². The summed E-state index contributed by atoms with van der Waals surface area (Å²) in [6.45, 7) is 3.35. The number of anilines is 2. The molecule has 1 aromatic carbocycles. The SMILES string of the molecule is COc1ccc(C)cc1NC(=O)C1CCCN(c2cnn(C)c(=O)c2)C1. The van der Waals surface area contributed by atoms with Crippen molar-refractivity contribution >= 4 is 17.3 Å². The van der Waals surface area contributed by atoms with Gasteiger partial charge in [-0.3, -0.25) is 9.59 Å². The average Bonchev–Trinajstić information content (AvgIpc) is 2.64. The maximum atomic E-state index is 12.8. The Morgan fingerprint density at radius 1 is 1.35 bits per heavy atom. The summed E-state index contributed by atoms with van der Waals surface area (Å²) in [5.74, 6) is 0.459. The van der Waals surface area contributed by atoms with Gasteiger partial charge in [-0.1, -0.05) is 6.07 Å². The summed E-state index contributed by atoms with van der Waals surface area (Å²) in [4.78, 5) is 26.6. The summed E-state index contributed by atoms with van der Waals surface area (Å²) in [5, 5.41) is 7.06. The Morgan fingerprint density at radius 2 is 2.15 bits per heavy atom. The molecule has 138 valence electrons. The van der Waals surface area contributed by atoms with Crippen LogP contribution in [0.3, 0.4) is 0 Å². The normalized spacial score (nSPS) is 17.0. The summed E-state index contributed by atoms with van der Waals surface area (Å²) in [6, 6.07) is 7.27. The number of carbonyl (C=O) groups excluding carboxylic acids is 1. The van der Waals surface area contributed by atoms with Crippen LogP contribution in [-0.4, -0.2) is 35.9 Å². The Balaban J connectivity index is 1.73. The van der Waals surface area contributed by atoms with E-state index in [-0.39, 0.29) is 17.4 Å². The third kappa shape index (κ3) is 3.87. The topological polar surface area (TPSA) is 76.5 Å². The van der Waals surface area contributed by atoms with Crippen molar-refractivity contribution in [3.05, 3.63) is 46.4 Å². The third-order valence-electron chi connectivity index (χ3n) is 4.72. The van der Waals surface area contributed by atoms with Gasteiger partial charge in [0.1, 0.15) is 5.75 Å². The summed E-state index contributed by atoms with van der Waals surface area (Å²) in [5.41, 5.74) is 2.35. The highest BCUT2D eigenvalue weighted by Crippen LogP contribution is 2.28. The van der Waals surface area contributed by atoms with Gasteiger partial charge in [-0.15, -0.1) is 0 Å². The molecule has 7 nitrogen and oxygen atoms in total. The first-order valence-corrected chi connectivity index (χ1v) is 8.71. The van der Waals surface area contributed by atoms with Crippen LogP contribution in [0.25, 0.3) is 0 Å². The molecule has 1 aliphatic rings. The highest BCUT2D eigenvalue weighted by atomic mass is 16.5. The van der Waals surface area contributed by atoms with E-state index < -0.39 is 0 Å². The van der Waals surface area contributed by atoms with Gasteiger partial charge in [-0.2, -0.15) is 5.10 Å². The van der Waals surface area contributed by atoms with Gasteiger partial charge < -0.3 is 15.0 Å². The molecule has 0 spiro atoms. The zero-order chi connectivity index (χ0) is 18.7. The number of methoxy groups -OCH3 is 1. The van der Waals surface area contributed by atoms with Gasteiger partial charge in [0.25, 0.3) is 5.56 Å². The monoisotopic (exact) mass is 356 g/mol. The molecule has 1 amide bonds. The van der Waals surface area contributed by atoms with Crippen molar-refractivity contribution in [3.8, 4) is 5.75 Å². The number of nitrogens with zero attached hydrogens (tertiary/aromatic N) is 3. The molecule has 1 atom stereocenters. The van der Waals surface area contributed by atoms with Crippen LogP contribution in [-0.2, 0) is 11.8 Å². The van der Waals surface area contributed by atoms with Crippen LogP contribution in [0.2, 0.25) is 0 Å². The van der Waals surface area contributed by atoms with E-state index in [1.165, 1.54) is 4.68 Å². The van der Waals surface area contributed by atoms with Crippen LogP contribution in [0.4, 0.5) is 11.4 Å². The summed E-state index contributed by atoms with van der Waals surface area (Å²) in [7, 11) is 3.21. The lowest BCUT2D eigenvalue weighted by Gasteiger charge is -2.33. The quantitative estimate of drug-likeness (QED) is 0.906. The van der Waals surface area contributed by atoms with Crippen molar-refractivity contribution in [3.63, 3.8) is 0 Å².